The van der Waals surface area contributed by atoms with Crippen LogP contribution < -0.4 is 0 Å². The maximum Gasteiger partial charge on any atom is 0.0547 e. The van der Waals surface area contributed by atoms with Gasteiger partial charge in [-0.25, -0.2) is 0 Å². The summed E-state index contributed by atoms with van der Waals surface area (Å²) in [6.45, 7) is 7.40. The molecule has 0 rings (SSSR count). The average molecular weight is 190 g/mol. The van der Waals surface area contributed by atoms with Crippen molar-refractivity contribution < 1.29 is 4.74 Å². The minimum absolute atomic E-state index is 0.420. The highest BCUT2D eigenvalue weighted by Crippen LogP contribution is 2.08. The molecule has 0 saturated heterocycles. The van der Waals surface area contributed by atoms with E-state index in [9.17, 15) is 0 Å². The van der Waals surface area contributed by atoms with Crippen LogP contribution in [0.4, 0.5) is 0 Å². The second-order valence-electron chi connectivity index (χ2n) is 3.39. The Morgan fingerprint density at radius 3 is 2.42 bits per heavy atom. The smallest absolute Gasteiger partial charge is 0.0547 e. The molecule has 0 aliphatic carbocycles. The summed E-state index contributed by atoms with van der Waals surface area (Å²) in [6.07, 6.45) is 3.97. The first-order chi connectivity index (χ1) is 5.74. The van der Waals surface area contributed by atoms with E-state index in [2.05, 4.69) is 33.4 Å². The van der Waals surface area contributed by atoms with E-state index in [4.69, 9.17) is 4.74 Å². The number of ether oxygens (including phenoxy) is 1. The van der Waals surface area contributed by atoms with E-state index >= 15 is 0 Å². The van der Waals surface area contributed by atoms with Gasteiger partial charge in [-0.15, -0.1) is 0 Å². The normalized spacial score (nSPS) is 16.0. The fraction of sp³-hybridized carbons (Fsp3) is 1.00. The number of thiol groups is 1. The summed E-state index contributed by atoms with van der Waals surface area (Å²) in [4.78, 5) is 0. The molecule has 12 heavy (non-hydrogen) atoms. The molecule has 1 nitrogen and oxygen atoms in total. The minimum Gasteiger partial charge on any atom is -0.378 e. The molecule has 0 spiro atoms. The second kappa shape index (κ2) is 7.93. The highest BCUT2D eigenvalue weighted by atomic mass is 32.1. The van der Waals surface area contributed by atoms with Gasteiger partial charge >= 0.3 is 0 Å². The SMILES string of the molecule is CCCC(C)OCC(CC)CS. The Kier molecular flexibility index (Phi) is 8.14. The Labute approximate surface area is 82.3 Å². The molecule has 0 amide bonds. The molecular formula is C10H22OS. The lowest BCUT2D eigenvalue weighted by Crippen LogP contribution is -2.16. The van der Waals surface area contributed by atoms with Gasteiger partial charge in [0.2, 0.25) is 0 Å². The van der Waals surface area contributed by atoms with Crippen LogP contribution >= 0.6 is 12.6 Å². The summed E-state index contributed by atoms with van der Waals surface area (Å²) in [5, 5.41) is 0. The largest absolute Gasteiger partial charge is 0.378 e. The van der Waals surface area contributed by atoms with Gasteiger partial charge in [0.15, 0.2) is 0 Å². The molecule has 0 bridgehead atoms. The topological polar surface area (TPSA) is 9.23 Å². The number of hydrogen-bond acceptors (Lipinski definition) is 2. The van der Waals surface area contributed by atoms with Crippen LogP contribution in [0.25, 0.3) is 0 Å². The maximum absolute atomic E-state index is 5.68. The Balaban J connectivity index is 3.37. The van der Waals surface area contributed by atoms with Gasteiger partial charge in [-0.05, 0) is 25.0 Å². The summed E-state index contributed by atoms with van der Waals surface area (Å²) >= 11 is 4.27. The lowest BCUT2D eigenvalue weighted by molar-refractivity contribution is 0.0389. The third-order valence-corrected chi connectivity index (χ3v) is 2.66. The fourth-order valence-corrected chi connectivity index (χ4v) is 1.45. The van der Waals surface area contributed by atoms with Crippen molar-refractivity contribution in [2.24, 2.45) is 5.92 Å². The van der Waals surface area contributed by atoms with Crippen LogP contribution in [0.1, 0.15) is 40.0 Å². The number of hydrogen-bond donors (Lipinski definition) is 1. The molecule has 0 aliphatic rings. The van der Waals surface area contributed by atoms with Gasteiger partial charge in [0.1, 0.15) is 0 Å². The summed E-state index contributed by atoms with van der Waals surface area (Å²) in [5.41, 5.74) is 0. The quantitative estimate of drug-likeness (QED) is 0.607. The van der Waals surface area contributed by atoms with E-state index in [1.165, 1.54) is 19.3 Å². The third-order valence-electron chi connectivity index (χ3n) is 2.15. The molecule has 0 aromatic rings. The van der Waals surface area contributed by atoms with Gasteiger partial charge in [0.25, 0.3) is 0 Å². The Hall–Kier alpha value is 0.310. The molecule has 2 heteroatoms. The van der Waals surface area contributed by atoms with Crippen LogP contribution in [0.15, 0.2) is 0 Å². The van der Waals surface area contributed by atoms with Crippen LogP contribution in [-0.4, -0.2) is 18.5 Å². The van der Waals surface area contributed by atoms with Crippen molar-refractivity contribution in [2.45, 2.75) is 46.1 Å². The summed E-state index contributed by atoms with van der Waals surface area (Å²) < 4.78 is 5.68. The van der Waals surface area contributed by atoms with Gasteiger partial charge in [-0.3, -0.25) is 0 Å². The zero-order chi connectivity index (χ0) is 9.40. The summed E-state index contributed by atoms with van der Waals surface area (Å²) in [6, 6.07) is 0. The second-order valence-corrected chi connectivity index (χ2v) is 3.75. The molecule has 0 heterocycles. The molecule has 0 radical (unpaired) electrons. The molecule has 74 valence electrons. The average Bonchev–Trinajstić information content (AvgIpc) is 2.07. The van der Waals surface area contributed by atoms with Gasteiger partial charge < -0.3 is 4.74 Å². The van der Waals surface area contributed by atoms with E-state index in [1.54, 1.807) is 0 Å². The lowest BCUT2D eigenvalue weighted by atomic mass is 10.1. The van der Waals surface area contributed by atoms with Crippen molar-refractivity contribution >= 4 is 12.6 Å². The lowest BCUT2D eigenvalue weighted by Gasteiger charge is -2.16. The predicted octanol–water partition coefficient (Wildman–Crippen LogP) is 3.15. The van der Waals surface area contributed by atoms with E-state index in [0.29, 0.717) is 12.0 Å². The van der Waals surface area contributed by atoms with Gasteiger partial charge in [0, 0.05) is 0 Å². The standard InChI is InChI=1S/C10H22OS/c1-4-6-9(3)11-7-10(5-2)8-12/h9-10,12H,4-8H2,1-3H3. The van der Waals surface area contributed by atoms with Crippen molar-refractivity contribution in [2.75, 3.05) is 12.4 Å². The molecule has 0 aromatic heterocycles. The fourth-order valence-electron chi connectivity index (χ4n) is 1.09. The monoisotopic (exact) mass is 190 g/mol. The third kappa shape index (κ3) is 5.90. The highest BCUT2D eigenvalue weighted by molar-refractivity contribution is 7.80. The van der Waals surface area contributed by atoms with Crippen LogP contribution in [-0.2, 0) is 4.74 Å². The molecular weight excluding hydrogens is 168 g/mol. The van der Waals surface area contributed by atoms with E-state index in [-0.39, 0.29) is 0 Å². The first-order valence-electron chi connectivity index (χ1n) is 4.97. The summed E-state index contributed by atoms with van der Waals surface area (Å²) in [5.74, 6) is 1.57. The maximum atomic E-state index is 5.68. The van der Waals surface area contributed by atoms with E-state index < -0.39 is 0 Å². The Morgan fingerprint density at radius 1 is 1.33 bits per heavy atom. The zero-order valence-electron chi connectivity index (χ0n) is 8.55. The minimum atomic E-state index is 0.420. The van der Waals surface area contributed by atoms with E-state index in [1.807, 2.05) is 0 Å². The highest BCUT2D eigenvalue weighted by Gasteiger charge is 2.06. The van der Waals surface area contributed by atoms with Crippen molar-refractivity contribution in [3.05, 3.63) is 0 Å². The first kappa shape index (κ1) is 12.3. The summed E-state index contributed by atoms with van der Waals surface area (Å²) in [7, 11) is 0. The molecule has 0 saturated carbocycles. The Morgan fingerprint density at radius 2 is 2.00 bits per heavy atom. The van der Waals surface area contributed by atoms with Crippen LogP contribution in [0.2, 0.25) is 0 Å². The van der Waals surface area contributed by atoms with Crippen molar-refractivity contribution in [3.8, 4) is 0 Å². The zero-order valence-corrected chi connectivity index (χ0v) is 9.44. The van der Waals surface area contributed by atoms with Gasteiger partial charge in [-0.1, -0.05) is 26.7 Å². The first-order valence-corrected chi connectivity index (χ1v) is 5.60. The van der Waals surface area contributed by atoms with Crippen LogP contribution in [0.3, 0.4) is 0 Å². The van der Waals surface area contributed by atoms with Crippen molar-refractivity contribution in [1.82, 2.24) is 0 Å². The van der Waals surface area contributed by atoms with Gasteiger partial charge in [-0.2, -0.15) is 12.6 Å². The molecule has 0 aromatic carbocycles. The molecule has 2 atom stereocenters. The van der Waals surface area contributed by atoms with Crippen molar-refractivity contribution in [1.29, 1.82) is 0 Å². The Bertz CT molecular complexity index is 91.8. The van der Waals surface area contributed by atoms with Crippen LogP contribution in [0.5, 0.6) is 0 Å². The van der Waals surface area contributed by atoms with Crippen molar-refractivity contribution in [3.63, 3.8) is 0 Å². The number of rotatable bonds is 7. The van der Waals surface area contributed by atoms with Gasteiger partial charge in [0.05, 0.1) is 12.7 Å². The molecule has 2 unspecified atom stereocenters. The van der Waals surface area contributed by atoms with Crippen LogP contribution in [0, 0.1) is 5.92 Å². The molecule has 0 aliphatic heterocycles. The molecule has 0 N–H and O–H groups in total. The van der Waals surface area contributed by atoms with E-state index in [0.717, 1.165) is 12.4 Å². The predicted molar refractivity (Wildman–Crippen MR) is 58.0 cm³/mol. The molecule has 0 fully saturated rings.